The number of benzene rings is 1. The van der Waals surface area contributed by atoms with E-state index >= 15 is 0 Å². The molecule has 1 aliphatic rings. The van der Waals surface area contributed by atoms with Gasteiger partial charge in [0.25, 0.3) is 5.91 Å². The van der Waals surface area contributed by atoms with Gasteiger partial charge in [-0.15, -0.1) is 11.8 Å². The lowest BCUT2D eigenvalue weighted by Crippen LogP contribution is -2.44. The van der Waals surface area contributed by atoms with E-state index in [9.17, 15) is 4.79 Å². The molecule has 2 rings (SSSR count). The highest BCUT2D eigenvalue weighted by molar-refractivity contribution is 7.98. The molecule has 1 aromatic carbocycles. The summed E-state index contributed by atoms with van der Waals surface area (Å²) < 4.78 is 0. The minimum absolute atomic E-state index is 0.00804. The highest BCUT2D eigenvalue weighted by Gasteiger charge is 2.21. The van der Waals surface area contributed by atoms with Crippen molar-refractivity contribution in [2.75, 3.05) is 25.9 Å². The predicted molar refractivity (Wildman–Crippen MR) is 80.8 cm³/mol. The number of thioether (sulfide) groups is 1. The first-order valence-electron chi connectivity index (χ1n) is 6.77. The Labute approximate surface area is 124 Å². The fraction of sp³-hybridized carbons (Fsp3) is 0.467. The van der Waals surface area contributed by atoms with E-state index in [0.29, 0.717) is 6.54 Å². The van der Waals surface area contributed by atoms with E-state index in [1.165, 1.54) is 0 Å². The first kappa shape index (κ1) is 14.9. The number of amides is 1. The van der Waals surface area contributed by atoms with Crippen molar-refractivity contribution in [3.8, 4) is 6.07 Å². The zero-order chi connectivity index (χ0) is 14.4. The fourth-order valence-electron chi connectivity index (χ4n) is 2.43. The number of nitrogens with zero attached hydrogens (tertiary/aromatic N) is 2. The summed E-state index contributed by atoms with van der Waals surface area (Å²) in [5.41, 5.74) is 0.749. The lowest BCUT2D eigenvalue weighted by atomic mass is 10.0. The van der Waals surface area contributed by atoms with Crippen molar-refractivity contribution in [3.63, 3.8) is 0 Å². The van der Waals surface area contributed by atoms with Gasteiger partial charge in [0.15, 0.2) is 0 Å². The summed E-state index contributed by atoms with van der Waals surface area (Å²) in [5, 5.41) is 11.8. The van der Waals surface area contributed by atoms with Gasteiger partial charge in [-0.05, 0) is 31.2 Å². The van der Waals surface area contributed by atoms with Crippen LogP contribution in [0, 0.1) is 11.3 Å². The molecule has 0 radical (unpaired) electrons. The average Bonchev–Trinajstić information content (AvgIpc) is 2.49. The van der Waals surface area contributed by atoms with Gasteiger partial charge in [-0.1, -0.05) is 12.1 Å². The standard InChI is InChI=1S/C15H19N3OS/c1-20-14-5-3-2-4-13(14)15(19)17-12-6-9-18(10-7-12)11-8-16/h2-5,12H,6-7,9-11H2,1H3,(H,17,19). The molecule has 0 unspecified atom stereocenters. The van der Waals surface area contributed by atoms with Crippen LogP contribution >= 0.6 is 11.8 Å². The van der Waals surface area contributed by atoms with E-state index in [1.54, 1.807) is 11.8 Å². The van der Waals surface area contributed by atoms with Crippen LogP contribution in [0.15, 0.2) is 29.2 Å². The molecule has 0 bridgehead atoms. The first-order valence-corrected chi connectivity index (χ1v) is 8.00. The van der Waals surface area contributed by atoms with Gasteiger partial charge in [-0.2, -0.15) is 5.26 Å². The van der Waals surface area contributed by atoms with Gasteiger partial charge in [-0.3, -0.25) is 9.69 Å². The van der Waals surface area contributed by atoms with Crippen molar-refractivity contribution in [1.29, 1.82) is 5.26 Å². The molecule has 1 amide bonds. The Hall–Kier alpha value is -1.51. The molecule has 20 heavy (non-hydrogen) atoms. The number of piperidine rings is 1. The maximum atomic E-state index is 12.3. The second-order valence-electron chi connectivity index (χ2n) is 4.88. The Morgan fingerprint density at radius 2 is 2.15 bits per heavy atom. The van der Waals surface area contributed by atoms with Crippen LogP contribution in [0.2, 0.25) is 0 Å². The van der Waals surface area contributed by atoms with E-state index in [2.05, 4.69) is 16.3 Å². The molecule has 0 atom stereocenters. The number of likely N-dealkylation sites (tertiary alicyclic amines) is 1. The van der Waals surface area contributed by atoms with Gasteiger partial charge in [0.2, 0.25) is 0 Å². The van der Waals surface area contributed by atoms with Crippen molar-refractivity contribution < 1.29 is 4.79 Å². The summed E-state index contributed by atoms with van der Waals surface area (Å²) in [4.78, 5) is 15.4. The Morgan fingerprint density at radius 1 is 1.45 bits per heavy atom. The van der Waals surface area contributed by atoms with Gasteiger partial charge in [0.1, 0.15) is 0 Å². The SMILES string of the molecule is CSc1ccccc1C(=O)NC1CCN(CC#N)CC1. The summed E-state index contributed by atoms with van der Waals surface area (Å²) in [6, 6.07) is 10.1. The first-order chi connectivity index (χ1) is 9.74. The van der Waals surface area contributed by atoms with Crippen LogP contribution < -0.4 is 5.32 Å². The summed E-state index contributed by atoms with van der Waals surface area (Å²) in [7, 11) is 0. The van der Waals surface area contributed by atoms with Gasteiger partial charge < -0.3 is 5.32 Å². The number of carbonyl (C=O) groups excluding carboxylic acids is 1. The molecule has 4 nitrogen and oxygen atoms in total. The minimum atomic E-state index is 0.00804. The van der Waals surface area contributed by atoms with E-state index in [1.807, 2.05) is 30.5 Å². The maximum Gasteiger partial charge on any atom is 0.252 e. The monoisotopic (exact) mass is 289 g/mol. The highest BCUT2D eigenvalue weighted by atomic mass is 32.2. The van der Waals surface area contributed by atoms with Crippen LogP contribution in [0.5, 0.6) is 0 Å². The third-order valence-electron chi connectivity index (χ3n) is 3.57. The number of nitriles is 1. The average molecular weight is 289 g/mol. The molecule has 1 heterocycles. The molecule has 0 aromatic heterocycles. The fourth-order valence-corrected chi connectivity index (χ4v) is 3.03. The molecule has 1 N–H and O–H groups in total. The molecule has 0 spiro atoms. The summed E-state index contributed by atoms with van der Waals surface area (Å²) in [6.45, 7) is 2.24. The topological polar surface area (TPSA) is 56.1 Å². The van der Waals surface area contributed by atoms with Gasteiger partial charge in [0, 0.05) is 24.0 Å². The molecule has 0 aliphatic carbocycles. The minimum Gasteiger partial charge on any atom is -0.349 e. The van der Waals surface area contributed by atoms with Crippen molar-refractivity contribution in [2.24, 2.45) is 0 Å². The zero-order valence-corrected chi connectivity index (χ0v) is 12.4. The number of nitrogens with one attached hydrogen (secondary N) is 1. The Balaban J connectivity index is 1.91. The molecular formula is C15H19N3OS. The molecule has 106 valence electrons. The van der Waals surface area contributed by atoms with Gasteiger partial charge in [0.05, 0.1) is 18.2 Å². The van der Waals surface area contributed by atoms with E-state index in [0.717, 1.165) is 36.4 Å². The lowest BCUT2D eigenvalue weighted by molar-refractivity contribution is 0.0911. The summed E-state index contributed by atoms with van der Waals surface area (Å²) in [6.07, 6.45) is 3.80. The second kappa shape index (κ2) is 7.32. The number of carbonyl (C=O) groups is 1. The Morgan fingerprint density at radius 3 is 2.80 bits per heavy atom. The number of rotatable bonds is 4. The van der Waals surface area contributed by atoms with Crippen LogP contribution in [0.25, 0.3) is 0 Å². The Bertz CT molecular complexity index is 504. The normalized spacial score (nSPS) is 16.6. The maximum absolute atomic E-state index is 12.3. The van der Waals surface area contributed by atoms with Crippen molar-refractivity contribution in [1.82, 2.24) is 10.2 Å². The van der Waals surface area contributed by atoms with Crippen LogP contribution in [-0.4, -0.2) is 42.7 Å². The van der Waals surface area contributed by atoms with Crippen LogP contribution in [-0.2, 0) is 0 Å². The molecule has 1 saturated heterocycles. The van der Waals surface area contributed by atoms with Crippen LogP contribution in [0.1, 0.15) is 23.2 Å². The number of hydrogen-bond acceptors (Lipinski definition) is 4. The third-order valence-corrected chi connectivity index (χ3v) is 4.36. The molecule has 1 aliphatic heterocycles. The quantitative estimate of drug-likeness (QED) is 0.681. The van der Waals surface area contributed by atoms with E-state index in [4.69, 9.17) is 5.26 Å². The van der Waals surface area contributed by atoms with E-state index in [-0.39, 0.29) is 11.9 Å². The molecule has 5 heteroatoms. The van der Waals surface area contributed by atoms with Crippen molar-refractivity contribution in [3.05, 3.63) is 29.8 Å². The van der Waals surface area contributed by atoms with Crippen molar-refractivity contribution >= 4 is 17.7 Å². The van der Waals surface area contributed by atoms with Crippen molar-refractivity contribution in [2.45, 2.75) is 23.8 Å². The predicted octanol–water partition coefficient (Wildman–Crippen LogP) is 2.13. The smallest absolute Gasteiger partial charge is 0.252 e. The van der Waals surface area contributed by atoms with E-state index < -0.39 is 0 Å². The van der Waals surface area contributed by atoms with Crippen LogP contribution in [0.3, 0.4) is 0 Å². The van der Waals surface area contributed by atoms with Gasteiger partial charge >= 0.3 is 0 Å². The third kappa shape index (κ3) is 3.75. The number of hydrogen-bond donors (Lipinski definition) is 1. The zero-order valence-electron chi connectivity index (χ0n) is 11.6. The summed E-state index contributed by atoms with van der Waals surface area (Å²) >= 11 is 1.59. The second-order valence-corrected chi connectivity index (χ2v) is 5.73. The largest absolute Gasteiger partial charge is 0.349 e. The van der Waals surface area contributed by atoms with Gasteiger partial charge in [-0.25, -0.2) is 0 Å². The molecule has 0 saturated carbocycles. The molecule has 1 fully saturated rings. The lowest BCUT2D eigenvalue weighted by Gasteiger charge is -2.30. The Kier molecular flexibility index (Phi) is 5.45. The van der Waals surface area contributed by atoms with Crippen LogP contribution in [0.4, 0.5) is 0 Å². The highest BCUT2D eigenvalue weighted by Crippen LogP contribution is 2.20. The molecular weight excluding hydrogens is 270 g/mol. The molecule has 1 aromatic rings. The summed E-state index contributed by atoms with van der Waals surface area (Å²) in [5.74, 6) is 0.00804.